The Hall–Kier alpha value is -1.39. The Balaban J connectivity index is 2.07. The Morgan fingerprint density at radius 1 is 1.39 bits per heavy atom. The molecular formula is C14H20N2O2. The minimum Gasteiger partial charge on any atom is -0.382 e. The zero-order valence-electron chi connectivity index (χ0n) is 11.0. The third kappa shape index (κ3) is 2.71. The van der Waals surface area contributed by atoms with Crippen molar-refractivity contribution < 1.29 is 9.53 Å². The van der Waals surface area contributed by atoms with Crippen LogP contribution in [-0.2, 0) is 16.1 Å². The van der Waals surface area contributed by atoms with E-state index in [9.17, 15) is 4.79 Å². The van der Waals surface area contributed by atoms with E-state index in [-0.39, 0.29) is 5.91 Å². The number of methoxy groups -OCH3 is 1. The zero-order valence-corrected chi connectivity index (χ0v) is 11.0. The summed E-state index contributed by atoms with van der Waals surface area (Å²) in [5, 5.41) is 3.25. The second-order valence-corrected chi connectivity index (χ2v) is 4.90. The average Bonchev–Trinajstić information content (AvgIpc) is 2.37. The van der Waals surface area contributed by atoms with Gasteiger partial charge in [-0.1, -0.05) is 30.3 Å². The molecule has 1 aromatic carbocycles. The van der Waals surface area contributed by atoms with Gasteiger partial charge in [-0.15, -0.1) is 0 Å². The van der Waals surface area contributed by atoms with E-state index in [2.05, 4.69) is 5.32 Å². The lowest BCUT2D eigenvalue weighted by Crippen LogP contribution is -2.64. The van der Waals surface area contributed by atoms with Crippen molar-refractivity contribution in [2.24, 2.45) is 0 Å². The molecular weight excluding hydrogens is 228 g/mol. The molecule has 4 heteroatoms. The molecule has 1 aliphatic rings. The summed E-state index contributed by atoms with van der Waals surface area (Å²) in [7, 11) is 1.62. The highest BCUT2D eigenvalue weighted by Gasteiger charge is 2.39. The molecule has 1 atom stereocenters. The molecule has 0 bridgehead atoms. The fourth-order valence-corrected chi connectivity index (χ4v) is 2.35. The number of carbonyl (C=O) groups is 1. The molecule has 1 aliphatic heterocycles. The molecule has 1 amide bonds. The number of nitrogens with one attached hydrogen (secondary N) is 1. The molecule has 98 valence electrons. The predicted octanol–water partition coefficient (Wildman–Crippen LogP) is 1.02. The summed E-state index contributed by atoms with van der Waals surface area (Å²) in [6.07, 6.45) is 0. The fourth-order valence-electron chi connectivity index (χ4n) is 2.35. The Bertz CT molecular complexity index is 404. The Labute approximate surface area is 108 Å². The first-order valence-corrected chi connectivity index (χ1v) is 6.23. The van der Waals surface area contributed by atoms with E-state index >= 15 is 0 Å². The van der Waals surface area contributed by atoms with Crippen LogP contribution in [0.3, 0.4) is 0 Å². The van der Waals surface area contributed by atoms with Gasteiger partial charge in [-0.3, -0.25) is 10.1 Å². The molecule has 0 saturated carbocycles. The maximum absolute atomic E-state index is 12.4. The summed E-state index contributed by atoms with van der Waals surface area (Å²) < 4.78 is 5.14. The van der Waals surface area contributed by atoms with Crippen LogP contribution in [0.2, 0.25) is 0 Å². The van der Waals surface area contributed by atoms with Crippen molar-refractivity contribution in [3.8, 4) is 0 Å². The van der Waals surface area contributed by atoms with E-state index in [0.29, 0.717) is 13.2 Å². The molecule has 18 heavy (non-hydrogen) atoms. The van der Waals surface area contributed by atoms with Gasteiger partial charge in [0.2, 0.25) is 5.91 Å². The third-order valence-electron chi connectivity index (χ3n) is 3.31. The topological polar surface area (TPSA) is 41.6 Å². The second-order valence-electron chi connectivity index (χ2n) is 4.90. The summed E-state index contributed by atoms with van der Waals surface area (Å²) in [4.78, 5) is 14.3. The maximum atomic E-state index is 12.4. The van der Waals surface area contributed by atoms with Crippen molar-refractivity contribution in [3.63, 3.8) is 0 Å². The van der Waals surface area contributed by atoms with Gasteiger partial charge >= 0.3 is 0 Å². The molecule has 0 radical (unpaired) electrons. The average molecular weight is 248 g/mol. The van der Waals surface area contributed by atoms with Crippen molar-refractivity contribution in [1.29, 1.82) is 0 Å². The second kappa shape index (κ2) is 5.50. The minimum atomic E-state index is -0.595. The number of ether oxygens (including phenoxy) is 1. The molecule has 0 unspecified atom stereocenters. The van der Waals surface area contributed by atoms with Gasteiger partial charge in [0.1, 0.15) is 5.54 Å². The van der Waals surface area contributed by atoms with Crippen LogP contribution in [0.4, 0.5) is 0 Å². The number of piperazine rings is 1. The zero-order chi connectivity index (χ0) is 13.0. The van der Waals surface area contributed by atoms with Crippen LogP contribution in [0.15, 0.2) is 30.3 Å². The number of hydrogen-bond acceptors (Lipinski definition) is 3. The molecule has 1 aromatic rings. The molecule has 1 heterocycles. The van der Waals surface area contributed by atoms with Crippen LogP contribution in [-0.4, -0.2) is 43.2 Å². The van der Waals surface area contributed by atoms with E-state index in [0.717, 1.165) is 18.7 Å². The summed E-state index contributed by atoms with van der Waals surface area (Å²) in [6, 6.07) is 10.1. The first-order chi connectivity index (χ1) is 8.65. The van der Waals surface area contributed by atoms with Crippen molar-refractivity contribution in [2.75, 3.05) is 26.8 Å². The van der Waals surface area contributed by atoms with E-state index in [4.69, 9.17) is 4.74 Å². The van der Waals surface area contributed by atoms with Crippen LogP contribution >= 0.6 is 0 Å². The molecule has 0 aromatic heterocycles. The van der Waals surface area contributed by atoms with Gasteiger partial charge in [0.25, 0.3) is 0 Å². The summed E-state index contributed by atoms with van der Waals surface area (Å²) in [5.74, 6) is 0.111. The van der Waals surface area contributed by atoms with Gasteiger partial charge in [-0.2, -0.15) is 0 Å². The molecule has 1 fully saturated rings. The largest absolute Gasteiger partial charge is 0.382 e. The van der Waals surface area contributed by atoms with Crippen LogP contribution in [0.25, 0.3) is 0 Å². The number of benzene rings is 1. The smallest absolute Gasteiger partial charge is 0.245 e. The van der Waals surface area contributed by atoms with Crippen LogP contribution in [0.1, 0.15) is 12.5 Å². The standard InChI is InChI=1S/C14H20N2O2/c1-14(11-18-2)13(17)16(9-8-15-14)10-12-6-4-3-5-7-12/h3-7,15H,8-11H2,1-2H3/t14-/m0/s1. The summed E-state index contributed by atoms with van der Waals surface area (Å²) in [5.41, 5.74) is 0.564. The highest BCUT2D eigenvalue weighted by Crippen LogP contribution is 2.16. The van der Waals surface area contributed by atoms with E-state index in [1.807, 2.05) is 42.2 Å². The SMILES string of the molecule is COC[C@]1(C)NCCN(Cc2ccccc2)C1=O. The molecule has 2 rings (SSSR count). The Morgan fingerprint density at radius 2 is 2.11 bits per heavy atom. The number of nitrogens with zero attached hydrogens (tertiary/aromatic N) is 1. The lowest BCUT2D eigenvalue weighted by atomic mass is 9.98. The van der Waals surface area contributed by atoms with Crippen molar-refractivity contribution in [1.82, 2.24) is 10.2 Å². The van der Waals surface area contributed by atoms with E-state index in [1.165, 1.54) is 0 Å². The summed E-state index contributed by atoms with van der Waals surface area (Å²) in [6.45, 7) is 4.51. The first kappa shape index (κ1) is 13.1. The van der Waals surface area contributed by atoms with Crippen molar-refractivity contribution in [2.45, 2.75) is 19.0 Å². The third-order valence-corrected chi connectivity index (χ3v) is 3.31. The van der Waals surface area contributed by atoms with Crippen LogP contribution in [0, 0.1) is 0 Å². The molecule has 1 saturated heterocycles. The van der Waals surface area contributed by atoms with Crippen molar-refractivity contribution >= 4 is 5.91 Å². The van der Waals surface area contributed by atoms with Gasteiger partial charge in [-0.25, -0.2) is 0 Å². The van der Waals surface area contributed by atoms with Crippen LogP contribution < -0.4 is 5.32 Å². The maximum Gasteiger partial charge on any atom is 0.245 e. The highest BCUT2D eigenvalue weighted by atomic mass is 16.5. The van der Waals surface area contributed by atoms with Gasteiger partial charge in [0.05, 0.1) is 6.61 Å². The number of hydrogen-bond donors (Lipinski definition) is 1. The lowest BCUT2D eigenvalue weighted by Gasteiger charge is -2.40. The Kier molecular flexibility index (Phi) is 3.99. The summed E-state index contributed by atoms with van der Waals surface area (Å²) >= 11 is 0. The monoisotopic (exact) mass is 248 g/mol. The van der Waals surface area contributed by atoms with Crippen LogP contribution in [0.5, 0.6) is 0 Å². The van der Waals surface area contributed by atoms with Gasteiger partial charge in [-0.05, 0) is 12.5 Å². The Morgan fingerprint density at radius 3 is 2.78 bits per heavy atom. The lowest BCUT2D eigenvalue weighted by molar-refractivity contribution is -0.143. The predicted molar refractivity (Wildman–Crippen MR) is 70.1 cm³/mol. The number of amides is 1. The fraction of sp³-hybridized carbons (Fsp3) is 0.500. The highest BCUT2D eigenvalue weighted by molar-refractivity contribution is 5.87. The number of rotatable bonds is 4. The van der Waals surface area contributed by atoms with Gasteiger partial charge < -0.3 is 9.64 Å². The van der Waals surface area contributed by atoms with E-state index < -0.39 is 5.54 Å². The van der Waals surface area contributed by atoms with E-state index in [1.54, 1.807) is 7.11 Å². The molecule has 1 N–H and O–H groups in total. The molecule has 0 aliphatic carbocycles. The van der Waals surface area contributed by atoms with Gasteiger partial charge in [0, 0.05) is 26.7 Å². The normalized spacial score (nSPS) is 24.3. The molecule has 4 nitrogen and oxygen atoms in total. The minimum absolute atomic E-state index is 0.111. The van der Waals surface area contributed by atoms with Gasteiger partial charge in [0.15, 0.2) is 0 Å². The number of carbonyl (C=O) groups excluding carboxylic acids is 1. The first-order valence-electron chi connectivity index (χ1n) is 6.23. The van der Waals surface area contributed by atoms with Crippen molar-refractivity contribution in [3.05, 3.63) is 35.9 Å². The molecule has 0 spiro atoms. The quantitative estimate of drug-likeness (QED) is 0.865.